The van der Waals surface area contributed by atoms with Crippen molar-refractivity contribution < 1.29 is 4.74 Å². The van der Waals surface area contributed by atoms with Gasteiger partial charge in [-0.05, 0) is 19.1 Å². The van der Waals surface area contributed by atoms with Crippen LogP contribution in [-0.2, 0) is 0 Å². The van der Waals surface area contributed by atoms with Crippen LogP contribution < -0.4 is 10.5 Å². The molecule has 2 rings (SSSR count). The lowest BCUT2D eigenvalue weighted by atomic mass is 10.2. The molecule has 0 saturated carbocycles. The lowest BCUT2D eigenvalue weighted by molar-refractivity contribution is 0.461. The zero-order valence-electron chi connectivity index (χ0n) is 8.34. The summed E-state index contributed by atoms with van der Waals surface area (Å²) >= 11 is 0. The van der Waals surface area contributed by atoms with E-state index < -0.39 is 0 Å². The molecule has 4 heteroatoms. The molecule has 0 aliphatic carbocycles. The second-order valence-corrected chi connectivity index (χ2v) is 3.20. The van der Waals surface area contributed by atoms with Crippen LogP contribution >= 0.6 is 0 Å². The first-order valence-corrected chi connectivity index (χ1v) is 4.56. The van der Waals surface area contributed by atoms with Gasteiger partial charge in [-0.25, -0.2) is 0 Å². The first-order valence-electron chi connectivity index (χ1n) is 4.56. The summed E-state index contributed by atoms with van der Waals surface area (Å²) in [6.45, 7) is 2.02. The Balaban J connectivity index is 2.18. The molecule has 1 aromatic heterocycles. The lowest BCUT2D eigenvalue weighted by Gasteiger charge is -2.04. The highest BCUT2D eigenvalue weighted by Gasteiger charge is 1.98. The highest BCUT2D eigenvalue weighted by Crippen LogP contribution is 2.19. The van der Waals surface area contributed by atoms with E-state index in [1.807, 2.05) is 31.2 Å². The quantitative estimate of drug-likeness (QED) is 0.808. The molecule has 0 amide bonds. The third kappa shape index (κ3) is 2.43. The van der Waals surface area contributed by atoms with Crippen molar-refractivity contribution in [1.29, 1.82) is 0 Å². The molecule has 4 nitrogen and oxygen atoms in total. The Bertz CT molecular complexity index is 454. The molecule has 2 N–H and O–H groups in total. The van der Waals surface area contributed by atoms with Crippen molar-refractivity contribution in [2.45, 2.75) is 6.92 Å². The van der Waals surface area contributed by atoms with Crippen molar-refractivity contribution in [3.8, 4) is 11.6 Å². The summed E-state index contributed by atoms with van der Waals surface area (Å²) in [4.78, 5) is 7.87. The molecular weight excluding hydrogens is 190 g/mol. The van der Waals surface area contributed by atoms with Gasteiger partial charge in [0.05, 0.1) is 12.4 Å². The van der Waals surface area contributed by atoms with E-state index in [-0.39, 0.29) is 0 Å². The van der Waals surface area contributed by atoms with Gasteiger partial charge in [0, 0.05) is 0 Å². The molecule has 76 valence electrons. The standard InChI is InChI=1S/C11H11N3O/c1-8-2-4-9(5-3-8)15-11-7-13-6-10(12)14-11/h2-7H,1H3,(H2,12,14). The average molecular weight is 201 g/mol. The second kappa shape index (κ2) is 3.96. The van der Waals surface area contributed by atoms with Gasteiger partial charge >= 0.3 is 0 Å². The highest BCUT2D eigenvalue weighted by atomic mass is 16.5. The molecular formula is C11H11N3O. The van der Waals surface area contributed by atoms with Crippen molar-refractivity contribution >= 4 is 5.82 Å². The number of nitrogens with two attached hydrogens (primary N) is 1. The molecule has 15 heavy (non-hydrogen) atoms. The van der Waals surface area contributed by atoms with Crippen LogP contribution in [0.15, 0.2) is 36.7 Å². The molecule has 0 fully saturated rings. The van der Waals surface area contributed by atoms with E-state index in [9.17, 15) is 0 Å². The molecule has 0 atom stereocenters. The van der Waals surface area contributed by atoms with Crippen LogP contribution in [0.4, 0.5) is 5.82 Å². The van der Waals surface area contributed by atoms with Crippen LogP contribution in [-0.4, -0.2) is 9.97 Å². The number of rotatable bonds is 2. The second-order valence-electron chi connectivity index (χ2n) is 3.20. The smallest absolute Gasteiger partial charge is 0.239 e. The van der Waals surface area contributed by atoms with Crippen LogP contribution in [0, 0.1) is 6.92 Å². The van der Waals surface area contributed by atoms with Crippen LogP contribution in [0.3, 0.4) is 0 Å². The van der Waals surface area contributed by atoms with Crippen molar-refractivity contribution in [2.75, 3.05) is 5.73 Å². The topological polar surface area (TPSA) is 61.0 Å². The summed E-state index contributed by atoms with van der Waals surface area (Å²) in [5.41, 5.74) is 6.66. The molecule has 0 saturated heterocycles. The predicted octanol–water partition coefficient (Wildman–Crippen LogP) is 2.16. The van der Waals surface area contributed by atoms with Crippen LogP contribution in [0.5, 0.6) is 11.6 Å². The van der Waals surface area contributed by atoms with Crippen LogP contribution in [0.2, 0.25) is 0 Å². The van der Waals surface area contributed by atoms with E-state index in [0.717, 1.165) is 5.75 Å². The maximum Gasteiger partial charge on any atom is 0.239 e. The zero-order chi connectivity index (χ0) is 10.7. The third-order valence-corrected chi connectivity index (χ3v) is 1.87. The van der Waals surface area contributed by atoms with E-state index in [4.69, 9.17) is 10.5 Å². The molecule has 0 spiro atoms. The number of nitrogens with zero attached hydrogens (tertiary/aromatic N) is 2. The minimum absolute atomic E-state index is 0.347. The summed E-state index contributed by atoms with van der Waals surface area (Å²) in [5, 5.41) is 0. The lowest BCUT2D eigenvalue weighted by Crippen LogP contribution is -1.94. The molecule has 0 radical (unpaired) electrons. The number of anilines is 1. The Hall–Kier alpha value is -2.10. The SMILES string of the molecule is Cc1ccc(Oc2cncc(N)n2)cc1. The molecule has 2 aromatic rings. The van der Waals surface area contributed by atoms with E-state index in [1.54, 1.807) is 0 Å². The monoisotopic (exact) mass is 201 g/mol. The normalized spacial score (nSPS) is 9.93. The van der Waals surface area contributed by atoms with Gasteiger partial charge in [0.25, 0.3) is 0 Å². The summed E-state index contributed by atoms with van der Waals surface area (Å²) < 4.78 is 5.46. The van der Waals surface area contributed by atoms with Crippen molar-refractivity contribution in [2.24, 2.45) is 0 Å². The zero-order valence-corrected chi connectivity index (χ0v) is 8.34. The molecule has 1 heterocycles. The Morgan fingerprint density at radius 1 is 1.13 bits per heavy atom. The fourth-order valence-corrected chi connectivity index (χ4v) is 1.14. The van der Waals surface area contributed by atoms with Gasteiger partial charge in [0.15, 0.2) is 0 Å². The van der Waals surface area contributed by atoms with Crippen molar-refractivity contribution in [3.63, 3.8) is 0 Å². The summed E-state index contributed by atoms with van der Waals surface area (Å²) in [6.07, 6.45) is 3.00. The largest absolute Gasteiger partial charge is 0.437 e. The van der Waals surface area contributed by atoms with Crippen LogP contribution in [0.25, 0.3) is 0 Å². The Labute approximate surface area is 87.7 Å². The summed E-state index contributed by atoms with van der Waals surface area (Å²) in [7, 11) is 0. The van der Waals surface area contributed by atoms with Gasteiger partial charge in [-0.3, -0.25) is 4.98 Å². The van der Waals surface area contributed by atoms with Gasteiger partial charge < -0.3 is 10.5 Å². The minimum atomic E-state index is 0.347. The Kier molecular flexibility index (Phi) is 2.49. The van der Waals surface area contributed by atoms with Crippen LogP contribution in [0.1, 0.15) is 5.56 Å². The van der Waals surface area contributed by atoms with Crippen molar-refractivity contribution in [3.05, 3.63) is 42.2 Å². The number of hydrogen-bond donors (Lipinski definition) is 1. The average Bonchev–Trinajstić information content (AvgIpc) is 2.22. The fourth-order valence-electron chi connectivity index (χ4n) is 1.14. The number of benzene rings is 1. The summed E-state index contributed by atoms with van der Waals surface area (Å²) in [6, 6.07) is 7.69. The molecule has 0 unspecified atom stereocenters. The van der Waals surface area contributed by atoms with E-state index in [1.165, 1.54) is 18.0 Å². The number of nitrogen functional groups attached to an aromatic ring is 1. The molecule has 0 aliphatic rings. The number of hydrogen-bond acceptors (Lipinski definition) is 4. The maximum absolute atomic E-state index is 5.48. The fraction of sp³-hybridized carbons (Fsp3) is 0.0909. The maximum atomic E-state index is 5.48. The van der Waals surface area contributed by atoms with Gasteiger partial charge in [-0.1, -0.05) is 17.7 Å². The summed E-state index contributed by atoms with van der Waals surface area (Å²) in [5.74, 6) is 1.47. The first-order chi connectivity index (χ1) is 7.24. The van der Waals surface area contributed by atoms with E-state index in [0.29, 0.717) is 11.7 Å². The Morgan fingerprint density at radius 3 is 2.53 bits per heavy atom. The van der Waals surface area contributed by atoms with Gasteiger partial charge in [-0.15, -0.1) is 0 Å². The number of aryl methyl sites for hydroxylation is 1. The molecule has 0 bridgehead atoms. The van der Waals surface area contributed by atoms with Gasteiger partial charge in [-0.2, -0.15) is 4.98 Å². The van der Waals surface area contributed by atoms with Crippen molar-refractivity contribution in [1.82, 2.24) is 9.97 Å². The van der Waals surface area contributed by atoms with E-state index >= 15 is 0 Å². The molecule has 0 aliphatic heterocycles. The van der Waals surface area contributed by atoms with Gasteiger partial charge in [0.1, 0.15) is 11.6 Å². The number of aromatic nitrogens is 2. The predicted molar refractivity (Wildman–Crippen MR) is 57.7 cm³/mol. The first kappa shape index (κ1) is 9.45. The van der Waals surface area contributed by atoms with Gasteiger partial charge in [0.2, 0.25) is 5.88 Å². The minimum Gasteiger partial charge on any atom is -0.437 e. The third-order valence-electron chi connectivity index (χ3n) is 1.87. The highest BCUT2D eigenvalue weighted by molar-refractivity contribution is 5.32. The molecule has 1 aromatic carbocycles. The van der Waals surface area contributed by atoms with E-state index in [2.05, 4.69) is 9.97 Å². The Morgan fingerprint density at radius 2 is 1.87 bits per heavy atom. The number of ether oxygens (including phenoxy) is 1.